The van der Waals surface area contributed by atoms with Crippen LogP contribution in [0.3, 0.4) is 0 Å². The van der Waals surface area contributed by atoms with Crippen molar-refractivity contribution in [3.63, 3.8) is 0 Å². The first-order valence-electron chi connectivity index (χ1n) is 9.47. The molecule has 30 heavy (non-hydrogen) atoms. The minimum absolute atomic E-state index is 0.0315. The Kier molecular flexibility index (Phi) is 6.35. The maximum absolute atomic E-state index is 13.6. The largest absolute Gasteiger partial charge is 0.328 e. The van der Waals surface area contributed by atoms with Gasteiger partial charge in [0, 0.05) is 18.4 Å². The van der Waals surface area contributed by atoms with E-state index in [2.05, 4.69) is 4.98 Å². The maximum atomic E-state index is 13.6. The van der Waals surface area contributed by atoms with Gasteiger partial charge >= 0.3 is 0 Å². The van der Waals surface area contributed by atoms with Crippen LogP contribution in [0.5, 0.6) is 0 Å². The van der Waals surface area contributed by atoms with Gasteiger partial charge in [0.2, 0.25) is 15.8 Å². The molecule has 0 spiro atoms. The van der Waals surface area contributed by atoms with Crippen molar-refractivity contribution in [1.82, 2.24) is 9.55 Å². The number of hydrogen-bond acceptors (Lipinski definition) is 3. The fourth-order valence-electron chi connectivity index (χ4n) is 3.27. The van der Waals surface area contributed by atoms with E-state index in [1.165, 1.54) is 18.2 Å². The number of sulfone groups is 1. The first-order chi connectivity index (χ1) is 13.8. The van der Waals surface area contributed by atoms with E-state index in [4.69, 9.17) is 0 Å². The van der Waals surface area contributed by atoms with Crippen molar-refractivity contribution in [2.75, 3.05) is 0 Å². The van der Waals surface area contributed by atoms with Gasteiger partial charge in [-0.1, -0.05) is 41.5 Å². The van der Waals surface area contributed by atoms with Crippen molar-refractivity contribution < 1.29 is 21.6 Å². The zero-order valence-electron chi connectivity index (χ0n) is 17.2. The Bertz CT molecular complexity index is 1170. The van der Waals surface area contributed by atoms with Gasteiger partial charge < -0.3 is 4.57 Å². The molecule has 4 nitrogen and oxygen atoms in total. The van der Waals surface area contributed by atoms with Gasteiger partial charge in [-0.25, -0.2) is 26.6 Å². The summed E-state index contributed by atoms with van der Waals surface area (Å²) in [6.45, 7) is 7.16. The maximum Gasteiger partial charge on any atom is 0.245 e. The second kappa shape index (κ2) is 8.22. The quantitative estimate of drug-likeness (QED) is 0.412. The summed E-state index contributed by atoms with van der Waals surface area (Å²) in [6.07, 6.45) is 2.55. The Labute approximate surface area is 184 Å². The second-order valence-corrected chi connectivity index (χ2v) is 12.7. The first kappa shape index (κ1) is 23.2. The number of alkyl halides is 2. The van der Waals surface area contributed by atoms with Crippen LogP contribution in [0.15, 0.2) is 44.2 Å². The fourth-order valence-corrected chi connectivity index (χ4v) is 6.44. The number of allylic oxidation sites excluding steroid dienone is 2. The zero-order chi connectivity index (χ0) is 22.3. The number of imidazole rings is 1. The molecule has 0 aliphatic carbocycles. The number of fused-ring (bicyclic) bond motifs is 1. The standard InChI is InChI=1S/C21H24F3IN2O2S/c1-20(2,3)19-26-16-12-14(30(28,29)15-8-10-25-18(22)13-15)6-7-17(16)27(19)11-5-9-21(4,23)24/h6-8,10,12-13H,5,9,11H2,1-4H3. The molecule has 0 bridgehead atoms. The molecule has 1 aliphatic heterocycles. The third-order valence-electron chi connectivity index (χ3n) is 4.65. The summed E-state index contributed by atoms with van der Waals surface area (Å²) in [5.74, 6) is -2.04. The summed E-state index contributed by atoms with van der Waals surface area (Å²) in [4.78, 5) is 4.59. The number of aromatic nitrogens is 2. The lowest BCUT2D eigenvalue weighted by Gasteiger charge is -2.20. The van der Waals surface area contributed by atoms with Crippen LogP contribution in [-0.2, 0) is 21.8 Å². The van der Waals surface area contributed by atoms with E-state index in [0.29, 0.717) is 23.4 Å². The number of halogens is 4. The number of hydrogen-bond donors (Lipinski definition) is 0. The normalized spacial score (nSPS) is 15.7. The highest BCUT2D eigenvalue weighted by Crippen LogP contribution is 2.31. The Morgan fingerprint density at radius 2 is 1.87 bits per heavy atom. The molecule has 1 aromatic carbocycles. The molecule has 0 saturated heterocycles. The lowest BCUT2D eigenvalue weighted by Crippen LogP contribution is -2.20. The van der Waals surface area contributed by atoms with Crippen molar-refractivity contribution in [1.29, 1.82) is 0 Å². The van der Waals surface area contributed by atoms with E-state index in [-0.39, 0.29) is 28.1 Å². The average molecular weight is 552 g/mol. The molecular weight excluding hydrogens is 528 g/mol. The third kappa shape index (κ3) is 5.04. The fraction of sp³-hybridized carbons (Fsp3) is 0.429. The van der Waals surface area contributed by atoms with Crippen LogP contribution in [-0.4, -0.2) is 27.7 Å². The molecule has 164 valence electrons. The van der Waals surface area contributed by atoms with E-state index >= 15 is 0 Å². The number of rotatable bonds is 6. The van der Waals surface area contributed by atoms with Crippen molar-refractivity contribution in [3.05, 3.63) is 45.2 Å². The van der Waals surface area contributed by atoms with Gasteiger partial charge in [0.25, 0.3) is 0 Å². The highest BCUT2D eigenvalue weighted by Gasteiger charge is 2.27. The molecule has 1 aromatic heterocycles. The summed E-state index contributed by atoms with van der Waals surface area (Å²) in [5.41, 5.74) is 0.806. The van der Waals surface area contributed by atoms with Crippen LogP contribution in [0.4, 0.5) is 13.2 Å². The lowest BCUT2D eigenvalue weighted by atomic mass is 9.95. The Morgan fingerprint density at radius 3 is 2.47 bits per heavy atom. The van der Waals surface area contributed by atoms with Crippen molar-refractivity contribution >= 4 is 45.4 Å². The summed E-state index contributed by atoms with van der Waals surface area (Å²) in [5, 5.41) is 0. The van der Waals surface area contributed by atoms with Gasteiger partial charge in [0.1, 0.15) is 5.82 Å². The molecule has 2 heterocycles. The summed E-state index contributed by atoms with van der Waals surface area (Å²) >= 11 is -0.892. The van der Waals surface area contributed by atoms with Crippen LogP contribution in [0.2, 0.25) is 0 Å². The molecule has 3 rings (SSSR count). The molecule has 0 fully saturated rings. The summed E-state index contributed by atoms with van der Waals surface area (Å²) < 4.78 is 69.1. The minimum Gasteiger partial charge on any atom is -0.328 e. The predicted molar refractivity (Wildman–Crippen MR) is 123 cm³/mol. The Balaban J connectivity index is 2.05. The Hall–Kier alpha value is -1.49. The molecule has 9 heteroatoms. The van der Waals surface area contributed by atoms with Gasteiger partial charge in [-0.3, -0.25) is 0 Å². The van der Waals surface area contributed by atoms with E-state index in [9.17, 15) is 21.6 Å². The minimum atomic E-state index is -3.88. The molecule has 0 radical (unpaired) electrons. The monoisotopic (exact) mass is 552 g/mol. The van der Waals surface area contributed by atoms with Gasteiger partial charge in [-0.2, -0.15) is 0 Å². The van der Waals surface area contributed by atoms with Crippen molar-refractivity contribution in [2.24, 2.45) is 0 Å². The highest BCUT2D eigenvalue weighted by molar-refractivity contribution is 14.2. The number of nitrogens with zero attached hydrogens (tertiary/aromatic N) is 2. The SMILES string of the molecule is CC(F)(F)CCCn1c(C(C)(C)C)nc2cc(S(=O)(=O)C3=CC(F)=IC=C3)ccc21. The molecule has 0 unspecified atom stereocenters. The topological polar surface area (TPSA) is 52.0 Å². The van der Waals surface area contributed by atoms with Crippen molar-refractivity contribution in [3.8, 4) is 0 Å². The van der Waals surface area contributed by atoms with Crippen LogP contribution < -0.4 is 0 Å². The van der Waals surface area contributed by atoms with Crippen LogP contribution in [0.25, 0.3) is 11.0 Å². The van der Waals surface area contributed by atoms with Gasteiger partial charge in [-0.15, -0.1) is 0 Å². The molecule has 1 aliphatic rings. The molecule has 0 amide bonds. The highest BCUT2D eigenvalue weighted by atomic mass is 127. The Morgan fingerprint density at radius 1 is 1.17 bits per heavy atom. The molecule has 0 saturated carbocycles. The molecule has 0 atom stereocenters. The van der Waals surface area contributed by atoms with Gasteiger partial charge in [0.05, 0.1) is 20.8 Å². The van der Waals surface area contributed by atoms with Crippen molar-refractivity contribution in [2.45, 2.75) is 63.3 Å². The van der Waals surface area contributed by atoms with E-state index < -0.39 is 40.3 Å². The van der Waals surface area contributed by atoms with E-state index in [0.717, 1.165) is 13.0 Å². The first-order valence-corrected chi connectivity index (χ1v) is 13.3. The van der Waals surface area contributed by atoms with Gasteiger partial charge in [-0.05, 0) is 47.8 Å². The van der Waals surface area contributed by atoms with Crippen LogP contribution >= 0.6 is 20.7 Å². The van der Waals surface area contributed by atoms with E-state index in [1.807, 2.05) is 25.3 Å². The summed E-state index contributed by atoms with van der Waals surface area (Å²) in [7, 11) is -3.88. The van der Waals surface area contributed by atoms with Crippen LogP contribution in [0.1, 0.15) is 46.4 Å². The predicted octanol–water partition coefficient (Wildman–Crippen LogP) is 6.02. The lowest BCUT2D eigenvalue weighted by molar-refractivity contribution is 0.00990. The smallest absolute Gasteiger partial charge is 0.245 e. The second-order valence-electron chi connectivity index (χ2n) is 8.40. The average Bonchev–Trinajstić information content (AvgIpc) is 2.99. The number of benzene rings is 1. The molecule has 2 aromatic rings. The summed E-state index contributed by atoms with van der Waals surface area (Å²) in [6, 6.07) is 4.59. The number of aryl methyl sites for hydroxylation is 1. The zero-order valence-corrected chi connectivity index (χ0v) is 20.2. The van der Waals surface area contributed by atoms with E-state index in [1.54, 1.807) is 10.1 Å². The van der Waals surface area contributed by atoms with Crippen LogP contribution in [0, 0.1) is 0 Å². The molecular formula is C21H24F3IN2O2S. The molecule has 0 N–H and O–H groups in total. The third-order valence-corrected chi connectivity index (χ3v) is 8.03. The van der Waals surface area contributed by atoms with Gasteiger partial charge in [0.15, 0.2) is 3.76 Å².